The van der Waals surface area contributed by atoms with E-state index in [2.05, 4.69) is 11.8 Å². The van der Waals surface area contributed by atoms with E-state index >= 15 is 0 Å². The molecule has 2 atom stereocenters. The monoisotopic (exact) mass is 228 g/mol. The van der Waals surface area contributed by atoms with Crippen LogP contribution in [0.4, 0.5) is 0 Å². The highest BCUT2D eigenvalue weighted by Crippen LogP contribution is 2.38. The van der Waals surface area contributed by atoms with Crippen LogP contribution in [0.2, 0.25) is 0 Å². The van der Waals surface area contributed by atoms with Crippen LogP contribution in [-0.2, 0) is 4.74 Å². The number of nitrogens with zero attached hydrogens (tertiary/aromatic N) is 1. The average molecular weight is 228 g/mol. The first-order chi connectivity index (χ1) is 7.64. The molecule has 0 spiro atoms. The fourth-order valence-electron chi connectivity index (χ4n) is 2.61. The topological polar surface area (TPSA) is 58.7 Å². The maximum absolute atomic E-state index is 9.48. The van der Waals surface area contributed by atoms with Gasteiger partial charge in [0.2, 0.25) is 0 Å². The Morgan fingerprint density at radius 1 is 1.50 bits per heavy atom. The third-order valence-electron chi connectivity index (χ3n) is 3.74. The van der Waals surface area contributed by atoms with Crippen LogP contribution in [0.5, 0.6) is 0 Å². The van der Waals surface area contributed by atoms with Crippen LogP contribution in [0.15, 0.2) is 0 Å². The molecule has 0 amide bonds. The number of ether oxygens (including phenoxy) is 1. The Balaban J connectivity index is 1.90. The molecule has 1 heterocycles. The molecule has 1 saturated carbocycles. The van der Waals surface area contributed by atoms with E-state index in [0.717, 1.165) is 32.7 Å². The summed E-state index contributed by atoms with van der Waals surface area (Å²) in [6.07, 6.45) is 3.70. The lowest BCUT2D eigenvalue weighted by Gasteiger charge is -2.34. The van der Waals surface area contributed by atoms with Crippen molar-refractivity contribution in [3.63, 3.8) is 0 Å². The smallest absolute Gasteiger partial charge is 0.0673 e. The Morgan fingerprint density at radius 2 is 2.25 bits per heavy atom. The second-order valence-electron chi connectivity index (χ2n) is 5.44. The Kier molecular flexibility index (Phi) is 3.85. The van der Waals surface area contributed by atoms with Crippen molar-refractivity contribution >= 4 is 0 Å². The molecule has 4 nitrogen and oxygen atoms in total. The molecule has 2 aliphatic rings. The number of hydrogen-bond acceptors (Lipinski definition) is 4. The van der Waals surface area contributed by atoms with E-state index in [4.69, 9.17) is 10.5 Å². The predicted octanol–water partition coefficient (Wildman–Crippen LogP) is 0.197. The first-order valence-corrected chi connectivity index (χ1v) is 6.38. The zero-order valence-corrected chi connectivity index (χ0v) is 10.2. The lowest BCUT2D eigenvalue weighted by Crippen LogP contribution is -2.55. The van der Waals surface area contributed by atoms with Gasteiger partial charge in [0.05, 0.1) is 18.2 Å². The normalized spacial score (nSPS) is 32.1. The summed E-state index contributed by atoms with van der Waals surface area (Å²) in [6, 6.07) is 0. The molecule has 0 aromatic carbocycles. The van der Waals surface area contributed by atoms with Gasteiger partial charge in [-0.3, -0.25) is 4.90 Å². The van der Waals surface area contributed by atoms with E-state index in [1.54, 1.807) is 0 Å². The molecule has 4 heteroatoms. The van der Waals surface area contributed by atoms with Gasteiger partial charge in [-0.05, 0) is 32.1 Å². The van der Waals surface area contributed by atoms with Crippen molar-refractivity contribution in [3.8, 4) is 0 Å². The van der Waals surface area contributed by atoms with Crippen LogP contribution < -0.4 is 5.73 Å². The summed E-state index contributed by atoms with van der Waals surface area (Å²) in [5.74, 6) is 0.525. The standard InChI is InChI=1S/C12H24N2O2/c1-10-7-14(5-2-6-16-10)8-12(13,9-15)11-3-4-11/h10-11,15H,2-9,13H2,1H3. The van der Waals surface area contributed by atoms with Crippen LogP contribution >= 0.6 is 0 Å². The molecule has 0 aromatic rings. The van der Waals surface area contributed by atoms with Gasteiger partial charge in [0, 0.05) is 26.2 Å². The summed E-state index contributed by atoms with van der Waals surface area (Å²) in [6.45, 7) is 5.83. The summed E-state index contributed by atoms with van der Waals surface area (Å²) in [5, 5.41) is 9.48. The number of hydrogen-bond donors (Lipinski definition) is 2. The van der Waals surface area contributed by atoms with Crippen molar-refractivity contribution in [3.05, 3.63) is 0 Å². The van der Waals surface area contributed by atoms with Gasteiger partial charge in [-0.2, -0.15) is 0 Å². The molecule has 2 fully saturated rings. The van der Waals surface area contributed by atoms with Gasteiger partial charge in [-0.1, -0.05) is 0 Å². The fourth-order valence-corrected chi connectivity index (χ4v) is 2.61. The zero-order chi connectivity index (χ0) is 11.6. The Morgan fingerprint density at radius 3 is 2.88 bits per heavy atom. The Hall–Kier alpha value is -0.160. The summed E-state index contributed by atoms with van der Waals surface area (Å²) < 4.78 is 5.61. The third kappa shape index (κ3) is 2.94. The Bertz CT molecular complexity index is 233. The third-order valence-corrected chi connectivity index (χ3v) is 3.74. The van der Waals surface area contributed by atoms with Gasteiger partial charge in [-0.15, -0.1) is 0 Å². The second kappa shape index (κ2) is 5.00. The van der Waals surface area contributed by atoms with Crippen LogP contribution in [0.25, 0.3) is 0 Å². The summed E-state index contributed by atoms with van der Waals surface area (Å²) in [5.41, 5.74) is 5.91. The molecule has 3 N–H and O–H groups in total. The minimum atomic E-state index is -0.385. The van der Waals surface area contributed by atoms with E-state index in [1.807, 2.05) is 0 Å². The van der Waals surface area contributed by atoms with Crippen LogP contribution in [0.3, 0.4) is 0 Å². The van der Waals surface area contributed by atoms with Crippen molar-refractivity contribution in [2.24, 2.45) is 11.7 Å². The van der Waals surface area contributed by atoms with Crippen molar-refractivity contribution in [1.29, 1.82) is 0 Å². The highest BCUT2D eigenvalue weighted by Gasteiger charge is 2.42. The molecule has 1 saturated heterocycles. The minimum Gasteiger partial charge on any atom is -0.394 e. The van der Waals surface area contributed by atoms with E-state index < -0.39 is 0 Å². The fraction of sp³-hybridized carbons (Fsp3) is 1.00. The van der Waals surface area contributed by atoms with Crippen molar-refractivity contribution in [2.45, 2.75) is 37.8 Å². The summed E-state index contributed by atoms with van der Waals surface area (Å²) in [7, 11) is 0. The van der Waals surface area contributed by atoms with E-state index in [1.165, 1.54) is 12.8 Å². The predicted molar refractivity (Wildman–Crippen MR) is 63.2 cm³/mol. The molecule has 94 valence electrons. The number of aliphatic hydroxyl groups excluding tert-OH is 1. The van der Waals surface area contributed by atoms with Crippen molar-refractivity contribution in [1.82, 2.24) is 4.90 Å². The van der Waals surface area contributed by atoms with Gasteiger partial charge >= 0.3 is 0 Å². The van der Waals surface area contributed by atoms with Gasteiger partial charge < -0.3 is 15.6 Å². The van der Waals surface area contributed by atoms with Crippen LogP contribution in [0.1, 0.15) is 26.2 Å². The van der Waals surface area contributed by atoms with Crippen molar-refractivity contribution < 1.29 is 9.84 Å². The van der Waals surface area contributed by atoms with E-state index in [-0.39, 0.29) is 18.2 Å². The largest absolute Gasteiger partial charge is 0.394 e. The van der Waals surface area contributed by atoms with Crippen molar-refractivity contribution in [2.75, 3.05) is 32.8 Å². The second-order valence-corrected chi connectivity index (χ2v) is 5.44. The zero-order valence-electron chi connectivity index (χ0n) is 10.2. The van der Waals surface area contributed by atoms with Crippen LogP contribution in [-0.4, -0.2) is 54.5 Å². The number of nitrogens with two attached hydrogens (primary N) is 1. The highest BCUT2D eigenvalue weighted by atomic mass is 16.5. The minimum absolute atomic E-state index is 0.101. The maximum Gasteiger partial charge on any atom is 0.0673 e. The molecule has 0 aromatic heterocycles. The molecule has 2 rings (SSSR count). The maximum atomic E-state index is 9.48. The van der Waals surface area contributed by atoms with Gasteiger partial charge in [0.1, 0.15) is 0 Å². The molecule has 2 unspecified atom stereocenters. The van der Waals surface area contributed by atoms with E-state index in [0.29, 0.717) is 5.92 Å². The summed E-state index contributed by atoms with van der Waals surface area (Å²) in [4.78, 5) is 2.35. The number of rotatable bonds is 4. The Labute approximate surface area is 97.7 Å². The van der Waals surface area contributed by atoms with Gasteiger partial charge in [-0.25, -0.2) is 0 Å². The molecule has 1 aliphatic heterocycles. The lowest BCUT2D eigenvalue weighted by molar-refractivity contribution is 0.0582. The van der Waals surface area contributed by atoms with Gasteiger partial charge in [0.25, 0.3) is 0 Å². The molecular weight excluding hydrogens is 204 g/mol. The van der Waals surface area contributed by atoms with Gasteiger partial charge in [0.15, 0.2) is 0 Å². The van der Waals surface area contributed by atoms with Crippen LogP contribution in [0, 0.1) is 5.92 Å². The molecule has 1 aliphatic carbocycles. The quantitative estimate of drug-likeness (QED) is 0.721. The highest BCUT2D eigenvalue weighted by molar-refractivity contribution is 5.00. The first-order valence-electron chi connectivity index (χ1n) is 6.38. The number of aliphatic hydroxyl groups is 1. The molecular formula is C12H24N2O2. The summed E-state index contributed by atoms with van der Waals surface area (Å²) >= 11 is 0. The average Bonchev–Trinajstić information content (AvgIpc) is 3.06. The first kappa shape index (κ1) is 12.3. The molecule has 0 bridgehead atoms. The molecule has 16 heavy (non-hydrogen) atoms. The lowest BCUT2D eigenvalue weighted by atomic mass is 9.94. The molecule has 0 radical (unpaired) electrons. The van der Waals surface area contributed by atoms with E-state index in [9.17, 15) is 5.11 Å². The SMILES string of the molecule is CC1CN(CC(N)(CO)C2CC2)CCCO1.